The Hall–Kier alpha value is -1.30. The van der Waals surface area contributed by atoms with Crippen molar-refractivity contribution < 1.29 is 18.9 Å². The Morgan fingerprint density at radius 3 is 2.45 bits per heavy atom. The molecule has 0 aliphatic carbocycles. The molecule has 2 atom stereocenters. The Bertz CT molecular complexity index is 414. The lowest BCUT2D eigenvalue weighted by molar-refractivity contribution is 0.204. The van der Waals surface area contributed by atoms with Gasteiger partial charge >= 0.3 is 0 Å². The summed E-state index contributed by atoms with van der Waals surface area (Å²) in [6.07, 6.45) is 0.662. The van der Waals surface area contributed by atoms with Crippen molar-refractivity contribution in [1.82, 2.24) is 0 Å². The van der Waals surface area contributed by atoms with Crippen molar-refractivity contribution in [2.45, 2.75) is 12.2 Å². The topological polar surface area (TPSA) is 46.8 Å². The average molecular weight is 279 g/mol. The lowest BCUT2D eigenvalue weighted by Gasteiger charge is -2.24. The number of nitrogens with zero attached hydrogens (tertiary/aromatic N) is 1. The smallest absolute Gasteiger partial charge is 0.119 e. The Morgan fingerprint density at radius 1 is 1.15 bits per heavy atom. The molecule has 110 valence electrons. The Labute approximate surface area is 119 Å². The minimum absolute atomic E-state index is 0.292. The maximum Gasteiger partial charge on any atom is 0.119 e. The molecule has 2 saturated heterocycles. The molecule has 2 heterocycles. The third kappa shape index (κ3) is 4.10. The summed E-state index contributed by atoms with van der Waals surface area (Å²) in [5, 5.41) is 0. The number of hydrogen-bond donors (Lipinski definition) is 0. The maximum absolute atomic E-state index is 5.65. The van der Waals surface area contributed by atoms with E-state index in [0.29, 0.717) is 25.4 Å². The van der Waals surface area contributed by atoms with E-state index in [1.54, 1.807) is 7.11 Å². The Balaban J connectivity index is 1.56. The maximum atomic E-state index is 5.65. The monoisotopic (exact) mass is 279 g/mol. The zero-order chi connectivity index (χ0) is 13.8. The molecule has 0 spiro atoms. The predicted molar refractivity (Wildman–Crippen MR) is 75.5 cm³/mol. The zero-order valence-electron chi connectivity index (χ0n) is 11.8. The van der Waals surface area contributed by atoms with Crippen LogP contribution in [0, 0.1) is 0 Å². The minimum Gasteiger partial charge on any atom is -0.491 e. The first-order chi connectivity index (χ1) is 9.85. The van der Waals surface area contributed by atoms with Crippen molar-refractivity contribution in [2.75, 3.05) is 51.5 Å². The third-order valence-corrected chi connectivity index (χ3v) is 3.43. The molecule has 0 bridgehead atoms. The quantitative estimate of drug-likeness (QED) is 0.638. The van der Waals surface area contributed by atoms with Crippen LogP contribution in [-0.2, 0) is 14.2 Å². The van der Waals surface area contributed by atoms with E-state index in [4.69, 9.17) is 18.9 Å². The highest BCUT2D eigenvalue weighted by atomic mass is 16.6. The van der Waals surface area contributed by atoms with Crippen molar-refractivity contribution >= 4 is 5.69 Å². The van der Waals surface area contributed by atoms with Gasteiger partial charge in [0, 0.05) is 25.9 Å². The van der Waals surface area contributed by atoms with E-state index in [1.807, 2.05) is 12.1 Å². The van der Waals surface area contributed by atoms with Gasteiger partial charge in [-0.25, -0.2) is 0 Å². The van der Waals surface area contributed by atoms with Crippen molar-refractivity contribution in [3.8, 4) is 5.75 Å². The molecule has 2 unspecified atom stereocenters. The molecule has 2 fully saturated rings. The van der Waals surface area contributed by atoms with Gasteiger partial charge < -0.3 is 23.8 Å². The van der Waals surface area contributed by atoms with E-state index in [1.165, 1.54) is 5.69 Å². The molecule has 2 aliphatic rings. The summed E-state index contributed by atoms with van der Waals surface area (Å²) in [6, 6.07) is 8.18. The van der Waals surface area contributed by atoms with Crippen LogP contribution in [0.25, 0.3) is 0 Å². The Morgan fingerprint density at radius 2 is 1.85 bits per heavy atom. The second-order valence-electron chi connectivity index (χ2n) is 5.15. The van der Waals surface area contributed by atoms with E-state index in [0.717, 1.165) is 32.1 Å². The normalized spacial score (nSPS) is 23.4. The molecule has 5 heteroatoms. The molecule has 0 radical (unpaired) electrons. The van der Waals surface area contributed by atoms with Gasteiger partial charge in [0.05, 0.1) is 25.9 Å². The van der Waals surface area contributed by atoms with Gasteiger partial charge in [-0.15, -0.1) is 0 Å². The van der Waals surface area contributed by atoms with E-state index in [9.17, 15) is 0 Å². The van der Waals surface area contributed by atoms with Gasteiger partial charge in [-0.2, -0.15) is 0 Å². The van der Waals surface area contributed by atoms with Crippen LogP contribution >= 0.6 is 0 Å². The summed E-state index contributed by atoms with van der Waals surface area (Å²) >= 11 is 0. The summed E-state index contributed by atoms with van der Waals surface area (Å²) in [4.78, 5) is 2.29. The number of anilines is 1. The van der Waals surface area contributed by atoms with Crippen LogP contribution in [0.4, 0.5) is 5.69 Å². The Kier molecular flexibility index (Phi) is 4.40. The summed E-state index contributed by atoms with van der Waals surface area (Å²) in [5.74, 6) is 0.888. The van der Waals surface area contributed by atoms with E-state index >= 15 is 0 Å². The summed E-state index contributed by atoms with van der Waals surface area (Å²) in [5.41, 5.74) is 1.17. The van der Waals surface area contributed by atoms with Gasteiger partial charge in [0.2, 0.25) is 0 Å². The molecule has 3 rings (SSSR count). The summed E-state index contributed by atoms with van der Waals surface area (Å²) < 4.78 is 21.3. The van der Waals surface area contributed by atoms with Gasteiger partial charge in [-0.05, 0) is 24.3 Å². The fourth-order valence-electron chi connectivity index (χ4n) is 2.05. The molecule has 0 amide bonds. The van der Waals surface area contributed by atoms with E-state index in [2.05, 4.69) is 17.0 Å². The predicted octanol–water partition coefficient (Wildman–Crippen LogP) is 1.32. The van der Waals surface area contributed by atoms with Crippen LogP contribution in [0.15, 0.2) is 24.3 Å². The molecule has 2 aliphatic heterocycles. The van der Waals surface area contributed by atoms with Crippen molar-refractivity contribution in [3.63, 3.8) is 0 Å². The largest absolute Gasteiger partial charge is 0.491 e. The van der Waals surface area contributed by atoms with Gasteiger partial charge in [0.1, 0.15) is 18.5 Å². The molecular weight excluding hydrogens is 258 g/mol. The first kappa shape index (κ1) is 13.7. The lowest BCUT2D eigenvalue weighted by atomic mass is 10.2. The second kappa shape index (κ2) is 6.43. The number of methoxy groups -OCH3 is 1. The molecule has 20 heavy (non-hydrogen) atoms. The molecule has 1 aromatic carbocycles. The average Bonchev–Trinajstić information content (AvgIpc) is 3.37. The van der Waals surface area contributed by atoms with Crippen LogP contribution < -0.4 is 9.64 Å². The fourth-order valence-corrected chi connectivity index (χ4v) is 2.05. The van der Waals surface area contributed by atoms with Gasteiger partial charge in [-0.1, -0.05) is 0 Å². The van der Waals surface area contributed by atoms with Gasteiger partial charge in [0.15, 0.2) is 0 Å². The highest BCUT2D eigenvalue weighted by Gasteiger charge is 2.26. The molecular formula is C15H21NO4. The number of rotatable bonds is 9. The number of ether oxygens (including phenoxy) is 4. The minimum atomic E-state index is 0.292. The number of epoxide rings is 2. The summed E-state index contributed by atoms with van der Waals surface area (Å²) in [7, 11) is 1.72. The SMILES string of the molecule is COCCN(CC1CO1)c1ccc(OCC2CO2)cc1. The van der Waals surface area contributed by atoms with Crippen LogP contribution in [0.1, 0.15) is 0 Å². The molecule has 5 nitrogen and oxygen atoms in total. The first-order valence-electron chi connectivity index (χ1n) is 7.05. The number of hydrogen-bond acceptors (Lipinski definition) is 5. The highest BCUT2D eigenvalue weighted by Crippen LogP contribution is 2.22. The van der Waals surface area contributed by atoms with Crippen LogP contribution in [0.5, 0.6) is 5.75 Å². The number of benzene rings is 1. The van der Waals surface area contributed by atoms with E-state index < -0.39 is 0 Å². The van der Waals surface area contributed by atoms with E-state index in [-0.39, 0.29) is 0 Å². The molecule has 0 aromatic heterocycles. The third-order valence-electron chi connectivity index (χ3n) is 3.43. The van der Waals surface area contributed by atoms with Crippen LogP contribution in [0.2, 0.25) is 0 Å². The van der Waals surface area contributed by atoms with Crippen LogP contribution in [-0.4, -0.2) is 58.8 Å². The first-order valence-corrected chi connectivity index (χ1v) is 7.05. The zero-order valence-corrected chi connectivity index (χ0v) is 11.8. The van der Waals surface area contributed by atoms with Crippen LogP contribution in [0.3, 0.4) is 0 Å². The molecule has 0 N–H and O–H groups in total. The van der Waals surface area contributed by atoms with Crippen molar-refractivity contribution in [1.29, 1.82) is 0 Å². The standard InChI is InChI=1S/C15H21NO4/c1-17-7-6-16(8-14-9-19-14)12-2-4-13(5-3-12)18-10-15-11-20-15/h2-5,14-15H,6-11H2,1H3. The highest BCUT2D eigenvalue weighted by molar-refractivity contribution is 5.49. The molecule has 1 aromatic rings. The fraction of sp³-hybridized carbons (Fsp3) is 0.600. The van der Waals surface area contributed by atoms with Gasteiger partial charge in [0.25, 0.3) is 0 Å². The summed E-state index contributed by atoms with van der Waals surface area (Å²) in [6.45, 7) is 4.83. The lowest BCUT2D eigenvalue weighted by Crippen LogP contribution is -2.31. The van der Waals surface area contributed by atoms with Gasteiger partial charge in [-0.3, -0.25) is 0 Å². The van der Waals surface area contributed by atoms with Crippen molar-refractivity contribution in [3.05, 3.63) is 24.3 Å². The molecule has 0 saturated carbocycles. The second-order valence-corrected chi connectivity index (χ2v) is 5.15. The van der Waals surface area contributed by atoms with Crippen molar-refractivity contribution in [2.24, 2.45) is 0 Å².